The Hall–Kier alpha value is -3.14. The molecule has 0 radical (unpaired) electrons. The van der Waals surface area contributed by atoms with Gasteiger partial charge in [-0.25, -0.2) is 4.79 Å². The summed E-state index contributed by atoms with van der Waals surface area (Å²) in [6, 6.07) is 15.9. The number of morpholine rings is 1. The van der Waals surface area contributed by atoms with Crippen LogP contribution in [-0.2, 0) is 20.7 Å². The molecular formula is C31H32Cl3N3O5. The Morgan fingerprint density at radius 1 is 0.881 bits per heavy atom. The fourth-order valence-corrected chi connectivity index (χ4v) is 5.55. The molecule has 1 fully saturated rings. The van der Waals surface area contributed by atoms with Gasteiger partial charge in [-0.15, -0.1) is 0 Å². The van der Waals surface area contributed by atoms with Gasteiger partial charge < -0.3 is 20.1 Å². The van der Waals surface area contributed by atoms with Crippen LogP contribution in [0.5, 0.6) is 0 Å². The predicted octanol–water partition coefficient (Wildman–Crippen LogP) is 5.81. The van der Waals surface area contributed by atoms with Crippen LogP contribution in [0.1, 0.15) is 38.8 Å². The SMILES string of the molecule is Cc1cccc(Cl)c1C(=O)NC(Cc1ccc(NC(=O)c2c(Cl)cccc2Cl)cc1)C(=O)OC(C)CN1CCOCC1. The number of anilines is 1. The molecule has 1 heterocycles. The summed E-state index contributed by atoms with van der Waals surface area (Å²) in [5.74, 6) is -1.47. The molecule has 8 nitrogen and oxygen atoms in total. The largest absolute Gasteiger partial charge is 0.460 e. The zero-order valence-corrected chi connectivity index (χ0v) is 25.6. The van der Waals surface area contributed by atoms with Gasteiger partial charge in [-0.05, 0) is 55.3 Å². The van der Waals surface area contributed by atoms with Crippen LogP contribution in [0, 0.1) is 6.92 Å². The number of amides is 2. The number of aryl methyl sites for hydroxylation is 1. The Morgan fingerprint density at radius 2 is 1.48 bits per heavy atom. The molecule has 2 atom stereocenters. The van der Waals surface area contributed by atoms with Crippen molar-refractivity contribution >= 4 is 58.3 Å². The lowest BCUT2D eigenvalue weighted by atomic mass is 10.0. The van der Waals surface area contributed by atoms with Crippen molar-refractivity contribution in [3.63, 3.8) is 0 Å². The van der Waals surface area contributed by atoms with Crippen molar-refractivity contribution in [1.29, 1.82) is 0 Å². The van der Waals surface area contributed by atoms with Crippen LogP contribution in [0.25, 0.3) is 0 Å². The van der Waals surface area contributed by atoms with Crippen molar-refractivity contribution in [3.8, 4) is 0 Å². The van der Waals surface area contributed by atoms with E-state index in [9.17, 15) is 14.4 Å². The molecule has 2 N–H and O–H groups in total. The maximum Gasteiger partial charge on any atom is 0.329 e. The van der Waals surface area contributed by atoms with E-state index < -0.39 is 29.9 Å². The summed E-state index contributed by atoms with van der Waals surface area (Å²) >= 11 is 18.6. The molecular weight excluding hydrogens is 601 g/mol. The molecule has 222 valence electrons. The second-order valence-corrected chi connectivity index (χ2v) is 11.3. The number of rotatable bonds is 10. The monoisotopic (exact) mass is 631 g/mol. The van der Waals surface area contributed by atoms with Crippen LogP contribution in [0.3, 0.4) is 0 Å². The molecule has 2 amide bonds. The lowest BCUT2D eigenvalue weighted by Crippen LogP contribution is -2.46. The molecule has 1 saturated heterocycles. The number of hydrogen-bond acceptors (Lipinski definition) is 6. The molecule has 0 aliphatic carbocycles. The summed E-state index contributed by atoms with van der Waals surface area (Å²) in [4.78, 5) is 41.6. The standard InChI is InChI=1S/C31H32Cl3N3O5/c1-19-5-3-6-23(32)27(19)29(38)36-26(31(40)42-20(2)18-37-13-15-41-16-14-37)17-21-9-11-22(12-10-21)35-30(39)28-24(33)7-4-8-25(28)34/h3-12,20,26H,13-18H2,1-2H3,(H,35,39)(H,36,38). The molecule has 11 heteroatoms. The van der Waals surface area contributed by atoms with E-state index in [4.69, 9.17) is 44.3 Å². The number of ether oxygens (including phenoxy) is 2. The molecule has 42 heavy (non-hydrogen) atoms. The van der Waals surface area contributed by atoms with E-state index in [-0.39, 0.29) is 22.0 Å². The number of esters is 1. The van der Waals surface area contributed by atoms with Crippen LogP contribution < -0.4 is 10.6 Å². The van der Waals surface area contributed by atoms with Gasteiger partial charge in [0.25, 0.3) is 11.8 Å². The quantitative estimate of drug-likeness (QED) is 0.274. The predicted molar refractivity (Wildman–Crippen MR) is 165 cm³/mol. The summed E-state index contributed by atoms with van der Waals surface area (Å²) in [6.07, 6.45) is -0.241. The minimum Gasteiger partial charge on any atom is -0.460 e. The fourth-order valence-electron chi connectivity index (χ4n) is 4.68. The first-order valence-electron chi connectivity index (χ1n) is 13.5. The van der Waals surface area contributed by atoms with E-state index in [1.165, 1.54) is 0 Å². The Kier molecular flexibility index (Phi) is 11.2. The highest BCUT2D eigenvalue weighted by Gasteiger charge is 2.27. The first-order valence-corrected chi connectivity index (χ1v) is 14.7. The van der Waals surface area contributed by atoms with Gasteiger partial charge in [0.1, 0.15) is 12.1 Å². The topological polar surface area (TPSA) is 97.0 Å². The van der Waals surface area contributed by atoms with E-state index in [1.54, 1.807) is 67.6 Å². The molecule has 4 rings (SSSR count). The van der Waals surface area contributed by atoms with Crippen LogP contribution in [-0.4, -0.2) is 67.7 Å². The number of halogens is 3. The molecule has 3 aromatic rings. The van der Waals surface area contributed by atoms with Crippen molar-refractivity contribution in [1.82, 2.24) is 10.2 Å². The minimum absolute atomic E-state index is 0.156. The van der Waals surface area contributed by atoms with Gasteiger partial charge in [0.2, 0.25) is 0 Å². The number of carbonyl (C=O) groups is 3. The van der Waals surface area contributed by atoms with Crippen molar-refractivity contribution in [2.24, 2.45) is 0 Å². The van der Waals surface area contributed by atoms with Crippen LogP contribution in [0.4, 0.5) is 5.69 Å². The summed E-state index contributed by atoms with van der Waals surface area (Å²) in [7, 11) is 0. The van der Waals surface area contributed by atoms with Crippen LogP contribution in [0.2, 0.25) is 15.1 Å². The Morgan fingerprint density at radius 3 is 2.10 bits per heavy atom. The molecule has 1 aliphatic heterocycles. The van der Waals surface area contributed by atoms with Crippen molar-refractivity contribution < 1.29 is 23.9 Å². The smallest absolute Gasteiger partial charge is 0.329 e. The highest BCUT2D eigenvalue weighted by Crippen LogP contribution is 2.26. The number of benzene rings is 3. The first kappa shape index (κ1) is 31.8. The number of nitrogens with one attached hydrogen (secondary N) is 2. The lowest BCUT2D eigenvalue weighted by Gasteiger charge is -2.29. The third-order valence-electron chi connectivity index (χ3n) is 6.82. The van der Waals surface area contributed by atoms with E-state index >= 15 is 0 Å². The van der Waals surface area contributed by atoms with E-state index in [0.29, 0.717) is 41.6 Å². The van der Waals surface area contributed by atoms with E-state index in [0.717, 1.165) is 18.7 Å². The minimum atomic E-state index is -0.984. The van der Waals surface area contributed by atoms with Crippen LogP contribution >= 0.6 is 34.8 Å². The molecule has 0 spiro atoms. The van der Waals surface area contributed by atoms with Crippen molar-refractivity contribution in [2.75, 3.05) is 38.2 Å². The highest BCUT2D eigenvalue weighted by atomic mass is 35.5. The molecule has 2 unspecified atom stereocenters. The lowest BCUT2D eigenvalue weighted by molar-refractivity contribution is -0.151. The third-order valence-corrected chi connectivity index (χ3v) is 7.76. The van der Waals surface area contributed by atoms with Gasteiger partial charge in [0.15, 0.2) is 0 Å². The van der Waals surface area contributed by atoms with Gasteiger partial charge in [0, 0.05) is 31.7 Å². The summed E-state index contributed by atoms with van der Waals surface area (Å²) in [6.45, 7) is 6.97. The van der Waals surface area contributed by atoms with Gasteiger partial charge in [-0.2, -0.15) is 0 Å². The molecule has 0 saturated carbocycles. The molecule has 1 aliphatic rings. The molecule has 3 aromatic carbocycles. The average molecular weight is 633 g/mol. The number of carbonyl (C=O) groups excluding carboxylic acids is 3. The fraction of sp³-hybridized carbons (Fsp3) is 0.323. The summed E-state index contributed by atoms with van der Waals surface area (Å²) in [5.41, 5.74) is 2.41. The average Bonchev–Trinajstić information content (AvgIpc) is 2.94. The third kappa shape index (κ3) is 8.46. The van der Waals surface area contributed by atoms with Crippen molar-refractivity contribution in [3.05, 3.63) is 98.0 Å². The maximum absolute atomic E-state index is 13.4. The molecule has 0 bridgehead atoms. The highest BCUT2D eigenvalue weighted by molar-refractivity contribution is 6.40. The zero-order chi connectivity index (χ0) is 30.2. The number of hydrogen-bond donors (Lipinski definition) is 2. The Bertz CT molecular complexity index is 1390. The second-order valence-electron chi connectivity index (χ2n) is 10.1. The van der Waals surface area contributed by atoms with Gasteiger partial charge >= 0.3 is 5.97 Å². The van der Waals surface area contributed by atoms with E-state index in [2.05, 4.69) is 15.5 Å². The summed E-state index contributed by atoms with van der Waals surface area (Å²) in [5, 5.41) is 6.37. The Balaban J connectivity index is 1.48. The second kappa shape index (κ2) is 14.8. The zero-order valence-electron chi connectivity index (χ0n) is 23.3. The van der Waals surface area contributed by atoms with Gasteiger partial charge in [0.05, 0.1) is 39.4 Å². The maximum atomic E-state index is 13.4. The Labute approximate surface area is 260 Å². The van der Waals surface area contributed by atoms with Gasteiger partial charge in [-0.3, -0.25) is 14.5 Å². The van der Waals surface area contributed by atoms with E-state index in [1.807, 2.05) is 6.92 Å². The van der Waals surface area contributed by atoms with Crippen molar-refractivity contribution in [2.45, 2.75) is 32.4 Å². The molecule has 0 aromatic heterocycles. The summed E-state index contributed by atoms with van der Waals surface area (Å²) < 4.78 is 11.2. The van der Waals surface area contributed by atoms with Crippen LogP contribution in [0.15, 0.2) is 60.7 Å². The number of nitrogens with zero attached hydrogens (tertiary/aromatic N) is 1. The normalized spacial score (nSPS) is 15.0. The van der Waals surface area contributed by atoms with Gasteiger partial charge in [-0.1, -0.05) is 65.1 Å². The first-order chi connectivity index (χ1) is 20.1.